The van der Waals surface area contributed by atoms with Gasteiger partial charge in [0, 0.05) is 25.2 Å². The molecule has 2 heterocycles. The fraction of sp³-hybridized carbons (Fsp3) is 0.867. The topological polar surface area (TPSA) is 46.0 Å². The second kappa shape index (κ2) is 5.82. The molecular formula is C15H27N5. The largest absolute Gasteiger partial charge is 0.315 e. The highest BCUT2D eigenvalue weighted by Gasteiger charge is 2.38. The lowest BCUT2D eigenvalue weighted by molar-refractivity contribution is 0.0418. The molecule has 0 bridgehead atoms. The number of nitrogens with zero attached hydrogens (tertiary/aromatic N) is 4. The predicted octanol–water partition coefficient (Wildman–Crippen LogP) is 1.51. The zero-order valence-electron chi connectivity index (χ0n) is 12.9. The first kappa shape index (κ1) is 14.0. The van der Waals surface area contributed by atoms with Crippen LogP contribution in [0.1, 0.15) is 39.4 Å². The Labute approximate surface area is 121 Å². The van der Waals surface area contributed by atoms with Gasteiger partial charge in [0.05, 0.1) is 6.54 Å². The number of hydrogen-bond acceptors (Lipinski definition) is 4. The Morgan fingerprint density at radius 1 is 1.30 bits per heavy atom. The van der Waals surface area contributed by atoms with Gasteiger partial charge in [-0.15, -0.1) is 10.2 Å². The smallest absolute Gasteiger partial charge is 0.147 e. The maximum Gasteiger partial charge on any atom is 0.147 e. The van der Waals surface area contributed by atoms with Crippen LogP contribution in [0.4, 0.5) is 0 Å². The van der Waals surface area contributed by atoms with Gasteiger partial charge in [-0.3, -0.25) is 4.90 Å². The van der Waals surface area contributed by atoms with Gasteiger partial charge in [-0.2, -0.15) is 0 Å². The minimum atomic E-state index is 0.619. The quantitative estimate of drug-likeness (QED) is 0.909. The minimum Gasteiger partial charge on any atom is -0.315 e. The molecule has 3 rings (SSSR count). The van der Waals surface area contributed by atoms with Gasteiger partial charge < -0.3 is 9.88 Å². The Kier molecular flexibility index (Phi) is 4.08. The number of nitrogens with one attached hydrogen (secondary N) is 1. The van der Waals surface area contributed by atoms with Gasteiger partial charge >= 0.3 is 0 Å². The highest BCUT2D eigenvalue weighted by Crippen LogP contribution is 2.33. The molecule has 4 atom stereocenters. The van der Waals surface area contributed by atoms with Crippen LogP contribution < -0.4 is 5.32 Å². The minimum absolute atomic E-state index is 0.619. The monoisotopic (exact) mass is 277 g/mol. The number of aromatic nitrogens is 3. The van der Waals surface area contributed by atoms with E-state index in [1.54, 1.807) is 0 Å². The van der Waals surface area contributed by atoms with Crippen molar-refractivity contribution < 1.29 is 0 Å². The second-order valence-electron chi connectivity index (χ2n) is 6.62. The van der Waals surface area contributed by atoms with E-state index >= 15 is 0 Å². The van der Waals surface area contributed by atoms with E-state index in [-0.39, 0.29) is 0 Å². The third-order valence-corrected chi connectivity index (χ3v) is 4.98. The molecule has 1 fully saturated rings. The molecule has 4 unspecified atom stereocenters. The molecule has 0 radical (unpaired) electrons. The molecule has 1 N–H and O–H groups in total. The van der Waals surface area contributed by atoms with E-state index in [0.717, 1.165) is 43.8 Å². The zero-order chi connectivity index (χ0) is 14.1. The molecule has 1 aromatic rings. The van der Waals surface area contributed by atoms with Crippen molar-refractivity contribution in [3.8, 4) is 0 Å². The Hall–Kier alpha value is -0.940. The van der Waals surface area contributed by atoms with Crippen molar-refractivity contribution in [2.24, 2.45) is 11.8 Å². The summed E-state index contributed by atoms with van der Waals surface area (Å²) in [4.78, 5) is 2.63. The van der Waals surface area contributed by atoms with Crippen LogP contribution >= 0.6 is 0 Å². The standard InChI is InChI=1S/C15H27N5/c1-4-16-13-8-11(2)7-12(3)15(13)19-5-6-20-10-17-18-14(20)9-19/h10-13,15-16H,4-9H2,1-3H3. The van der Waals surface area contributed by atoms with E-state index in [2.05, 4.69) is 45.8 Å². The van der Waals surface area contributed by atoms with Crippen LogP contribution in [0, 0.1) is 11.8 Å². The number of likely N-dealkylation sites (N-methyl/N-ethyl adjacent to an activating group) is 1. The van der Waals surface area contributed by atoms with E-state index in [4.69, 9.17) is 0 Å². The molecule has 5 nitrogen and oxygen atoms in total. The number of rotatable bonds is 3. The molecule has 1 saturated carbocycles. The molecule has 20 heavy (non-hydrogen) atoms. The zero-order valence-corrected chi connectivity index (χ0v) is 12.9. The average molecular weight is 277 g/mol. The molecule has 2 aliphatic rings. The van der Waals surface area contributed by atoms with Gasteiger partial charge in [-0.25, -0.2) is 0 Å². The van der Waals surface area contributed by atoms with Gasteiger partial charge in [-0.05, 0) is 31.2 Å². The highest BCUT2D eigenvalue weighted by molar-refractivity contribution is 4.98. The Bertz CT molecular complexity index is 443. The summed E-state index contributed by atoms with van der Waals surface area (Å²) in [5.41, 5.74) is 0. The molecule has 0 amide bonds. The number of fused-ring (bicyclic) bond motifs is 1. The van der Waals surface area contributed by atoms with Crippen molar-refractivity contribution in [1.29, 1.82) is 0 Å². The summed E-state index contributed by atoms with van der Waals surface area (Å²) in [5.74, 6) is 2.70. The highest BCUT2D eigenvalue weighted by atomic mass is 15.3. The first-order valence-corrected chi connectivity index (χ1v) is 8.03. The molecule has 1 aliphatic carbocycles. The van der Waals surface area contributed by atoms with E-state index in [9.17, 15) is 0 Å². The maximum absolute atomic E-state index is 4.26. The maximum atomic E-state index is 4.26. The van der Waals surface area contributed by atoms with Crippen LogP contribution in [-0.4, -0.2) is 44.8 Å². The van der Waals surface area contributed by atoms with Gasteiger partial charge in [0.25, 0.3) is 0 Å². The molecule has 5 heteroatoms. The summed E-state index contributed by atoms with van der Waals surface area (Å²) in [6.07, 6.45) is 4.50. The van der Waals surface area contributed by atoms with Crippen LogP contribution in [0.2, 0.25) is 0 Å². The van der Waals surface area contributed by atoms with Gasteiger partial charge in [0.2, 0.25) is 0 Å². The Morgan fingerprint density at radius 2 is 2.15 bits per heavy atom. The third-order valence-electron chi connectivity index (χ3n) is 4.98. The van der Waals surface area contributed by atoms with E-state index in [1.807, 2.05) is 6.33 Å². The van der Waals surface area contributed by atoms with Gasteiger partial charge in [0.15, 0.2) is 0 Å². The van der Waals surface area contributed by atoms with Crippen molar-refractivity contribution in [2.45, 2.75) is 58.8 Å². The molecule has 0 aromatic carbocycles. The van der Waals surface area contributed by atoms with Gasteiger partial charge in [-0.1, -0.05) is 20.8 Å². The van der Waals surface area contributed by atoms with E-state index < -0.39 is 0 Å². The SMILES string of the molecule is CCNC1CC(C)CC(C)C1N1CCn2cnnc2C1. The van der Waals surface area contributed by atoms with Crippen LogP contribution in [0.15, 0.2) is 6.33 Å². The number of hydrogen-bond donors (Lipinski definition) is 1. The second-order valence-corrected chi connectivity index (χ2v) is 6.62. The summed E-state index contributed by atoms with van der Waals surface area (Å²) in [7, 11) is 0. The van der Waals surface area contributed by atoms with Crippen molar-refractivity contribution >= 4 is 0 Å². The first-order valence-electron chi connectivity index (χ1n) is 8.03. The molecule has 1 aromatic heterocycles. The van der Waals surface area contributed by atoms with Crippen LogP contribution in [0.25, 0.3) is 0 Å². The third kappa shape index (κ3) is 2.61. The Balaban J connectivity index is 1.76. The lowest BCUT2D eigenvalue weighted by Gasteiger charge is -2.47. The first-order chi connectivity index (χ1) is 9.69. The summed E-state index contributed by atoms with van der Waals surface area (Å²) < 4.78 is 2.19. The fourth-order valence-corrected chi connectivity index (χ4v) is 4.26. The van der Waals surface area contributed by atoms with Crippen LogP contribution in [-0.2, 0) is 13.1 Å². The fourth-order valence-electron chi connectivity index (χ4n) is 4.26. The van der Waals surface area contributed by atoms with Crippen molar-refractivity contribution in [3.63, 3.8) is 0 Å². The lowest BCUT2D eigenvalue weighted by Crippen LogP contribution is -2.57. The summed E-state index contributed by atoms with van der Waals surface area (Å²) >= 11 is 0. The molecule has 0 spiro atoms. The summed E-state index contributed by atoms with van der Waals surface area (Å²) in [6, 6.07) is 1.25. The molecule has 0 saturated heterocycles. The molecular weight excluding hydrogens is 250 g/mol. The normalized spacial score (nSPS) is 35.0. The summed E-state index contributed by atoms with van der Waals surface area (Å²) in [5, 5.41) is 12.0. The van der Waals surface area contributed by atoms with E-state index in [0.29, 0.717) is 12.1 Å². The Morgan fingerprint density at radius 3 is 2.95 bits per heavy atom. The van der Waals surface area contributed by atoms with Crippen molar-refractivity contribution in [1.82, 2.24) is 25.0 Å². The average Bonchev–Trinajstić information content (AvgIpc) is 2.85. The lowest BCUT2D eigenvalue weighted by atomic mass is 9.75. The van der Waals surface area contributed by atoms with Crippen molar-refractivity contribution in [3.05, 3.63) is 12.2 Å². The van der Waals surface area contributed by atoms with Crippen molar-refractivity contribution in [2.75, 3.05) is 13.1 Å². The van der Waals surface area contributed by atoms with Gasteiger partial charge in [0.1, 0.15) is 12.2 Å². The molecule has 112 valence electrons. The predicted molar refractivity (Wildman–Crippen MR) is 79.2 cm³/mol. The molecule has 1 aliphatic heterocycles. The van der Waals surface area contributed by atoms with Crippen LogP contribution in [0.5, 0.6) is 0 Å². The summed E-state index contributed by atoms with van der Waals surface area (Å²) in [6.45, 7) is 11.2. The van der Waals surface area contributed by atoms with E-state index in [1.165, 1.54) is 12.8 Å². The van der Waals surface area contributed by atoms with Crippen LogP contribution in [0.3, 0.4) is 0 Å².